The van der Waals surface area contributed by atoms with E-state index in [2.05, 4.69) is 18.2 Å². The Balaban J connectivity index is 2.09. The predicted molar refractivity (Wildman–Crippen MR) is 85.4 cm³/mol. The lowest BCUT2D eigenvalue weighted by Gasteiger charge is -2.20. The van der Waals surface area contributed by atoms with E-state index in [4.69, 9.17) is 16.7 Å². The SMILES string of the molecule is O=C(O)/C=C1\CCCc2ccc(-c3cccc(Cl)c3)cc21. The molecule has 0 aromatic heterocycles. The number of rotatable bonds is 2. The van der Waals surface area contributed by atoms with Crippen LogP contribution in [0.25, 0.3) is 16.7 Å². The molecule has 1 aliphatic carbocycles. The van der Waals surface area contributed by atoms with Crippen molar-refractivity contribution >= 4 is 23.1 Å². The maximum atomic E-state index is 11.0. The number of halogens is 1. The molecule has 0 fully saturated rings. The van der Waals surface area contributed by atoms with Crippen molar-refractivity contribution < 1.29 is 9.90 Å². The Kier molecular flexibility index (Phi) is 3.80. The predicted octanol–water partition coefficient (Wildman–Crippen LogP) is 4.81. The van der Waals surface area contributed by atoms with E-state index in [9.17, 15) is 4.79 Å². The first kappa shape index (κ1) is 13.9. The van der Waals surface area contributed by atoms with Gasteiger partial charge in [-0.3, -0.25) is 0 Å². The first-order valence-corrected chi connectivity index (χ1v) is 7.34. The third kappa shape index (κ3) is 3.01. The van der Waals surface area contributed by atoms with Crippen LogP contribution in [0.5, 0.6) is 0 Å². The van der Waals surface area contributed by atoms with Gasteiger partial charge in [-0.1, -0.05) is 35.9 Å². The summed E-state index contributed by atoms with van der Waals surface area (Å²) >= 11 is 6.05. The molecule has 21 heavy (non-hydrogen) atoms. The van der Waals surface area contributed by atoms with Gasteiger partial charge in [0.15, 0.2) is 0 Å². The highest BCUT2D eigenvalue weighted by Crippen LogP contribution is 2.34. The average molecular weight is 299 g/mol. The fraction of sp³-hybridized carbons (Fsp3) is 0.167. The van der Waals surface area contributed by atoms with Crippen LogP contribution in [0.1, 0.15) is 24.0 Å². The van der Waals surface area contributed by atoms with Crippen molar-refractivity contribution in [1.29, 1.82) is 0 Å². The van der Waals surface area contributed by atoms with Crippen LogP contribution < -0.4 is 0 Å². The van der Waals surface area contributed by atoms with Gasteiger partial charge in [-0.2, -0.15) is 0 Å². The third-order valence-corrected chi connectivity index (χ3v) is 4.04. The second kappa shape index (κ2) is 5.74. The zero-order valence-corrected chi connectivity index (χ0v) is 12.2. The molecule has 2 nitrogen and oxygen atoms in total. The van der Waals surface area contributed by atoms with Crippen LogP contribution in [0.4, 0.5) is 0 Å². The van der Waals surface area contributed by atoms with E-state index in [0.717, 1.165) is 41.5 Å². The first-order valence-electron chi connectivity index (χ1n) is 6.96. The Hall–Kier alpha value is -2.06. The third-order valence-electron chi connectivity index (χ3n) is 3.80. The van der Waals surface area contributed by atoms with E-state index in [1.165, 1.54) is 11.6 Å². The summed E-state index contributed by atoms with van der Waals surface area (Å²) in [5.41, 5.74) is 5.30. The zero-order chi connectivity index (χ0) is 14.8. The summed E-state index contributed by atoms with van der Waals surface area (Å²) in [6.45, 7) is 0. The Morgan fingerprint density at radius 2 is 1.90 bits per heavy atom. The monoisotopic (exact) mass is 298 g/mol. The minimum absolute atomic E-state index is 0.700. The maximum Gasteiger partial charge on any atom is 0.328 e. The molecular weight excluding hydrogens is 284 g/mol. The molecule has 0 saturated heterocycles. The van der Waals surface area contributed by atoms with E-state index < -0.39 is 5.97 Å². The summed E-state index contributed by atoms with van der Waals surface area (Å²) in [5.74, 6) is -0.883. The van der Waals surface area contributed by atoms with Gasteiger partial charge in [0.05, 0.1) is 0 Å². The molecule has 0 unspecified atom stereocenters. The van der Waals surface area contributed by atoms with Gasteiger partial charge in [-0.25, -0.2) is 4.79 Å². The van der Waals surface area contributed by atoms with E-state index in [1.54, 1.807) is 0 Å². The second-order valence-electron chi connectivity index (χ2n) is 5.24. The molecule has 106 valence electrons. The van der Waals surface area contributed by atoms with E-state index in [0.29, 0.717) is 5.02 Å². The van der Waals surface area contributed by atoms with Gasteiger partial charge in [-0.05, 0) is 65.3 Å². The maximum absolute atomic E-state index is 11.0. The Morgan fingerprint density at radius 3 is 2.67 bits per heavy atom. The van der Waals surface area contributed by atoms with Crippen LogP contribution in [0, 0.1) is 0 Å². The highest BCUT2D eigenvalue weighted by molar-refractivity contribution is 6.30. The van der Waals surface area contributed by atoms with Crippen molar-refractivity contribution in [2.45, 2.75) is 19.3 Å². The fourth-order valence-corrected chi connectivity index (χ4v) is 3.03. The van der Waals surface area contributed by atoms with Crippen LogP contribution in [0.2, 0.25) is 5.02 Å². The summed E-state index contributed by atoms with van der Waals surface area (Å²) in [6, 6.07) is 14.0. The van der Waals surface area contributed by atoms with Crippen molar-refractivity contribution in [1.82, 2.24) is 0 Å². The van der Waals surface area contributed by atoms with Crippen molar-refractivity contribution in [3.8, 4) is 11.1 Å². The van der Waals surface area contributed by atoms with E-state index in [1.807, 2.05) is 24.3 Å². The number of aryl methyl sites for hydroxylation is 1. The minimum atomic E-state index is -0.883. The van der Waals surface area contributed by atoms with Crippen LogP contribution in [0.3, 0.4) is 0 Å². The first-order chi connectivity index (χ1) is 10.1. The Labute approximate surface area is 128 Å². The summed E-state index contributed by atoms with van der Waals surface area (Å²) in [7, 11) is 0. The highest BCUT2D eigenvalue weighted by atomic mass is 35.5. The molecule has 2 aromatic rings. The molecule has 0 saturated carbocycles. The number of hydrogen-bond acceptors (Lipinski definition) is 1. The van der Waals surface area contributed by atoms with Gasteiger partial charge in [0.1, 0.15) is 0 Å². The molecular formula is C18H15ClO2. The molecule has 1 N–H and O–H groups in total. The van der Waals surface area contributed by atoms with Crippen molar-refractivity contribution in [2.24, 2.45) is 0 Å². The van der Waals surface area contributed by atoms with E-state index >= 15 is 0 Å². The minimum Gasteiger partial charge on any atom is -0.478 e. The summed E-state index contributed by atoms with van der Waals surface area (Å²) in [4.78, 5) is 11.0. The standard InChI is InChI=1S/C18H15ClO2/c19-16-6-2-4-13(9-16)14-8-7-12-3-1-5-15(11-18(20)21)17(12)10-14/h2,4,6-11H,1,3,5H2,(H,20,21)/b15-11+. The smallest absolute Gasteiger partial charge is 0.328 e. The van der Waals surface area contributed by atoms with Crippen LogP contribution in [-0.4, -0.2) is 11.1 Å². The lowest BCUT2D eigenvalue weighted by molar-refractivity contribution is -0.131. The molecule has 0 bridgehead atoms. The molecule has 0 amide bonds. The molecule has 0 heterocycles. The summed E-state index contributed by atoms with van der Waals surface area (Å²) < 4.78 is 0. The number of aliphatic carboxylic acids is 1. The molecule has 2 aromatic carbocycles. The number of hydrogen-bond donors (Lipinski definition) is 1. The largest absolute Gasteiger partial charge is 0.478 e. The average Bonchev–Trinajstić information content (AvgIpc) is 2.47. The fourth-order valence-electron chi connectivity index (χ4n) is 2.84. The summed E-state index contributed by atoms with van der Waals surface area (Å²) in [6.07, 6.45) is 4.16. The molecule has 0 radical (unpaired) electrons. The number of carboxylic acids is 1. The Bertz CT molecular complexity index is 732. The van der Waals surface area contributed by atoms with Gasteiger partial charge < -0.3 is 5.11 Å². The molecule has 0 aliphatic heterocycles. The molecule has 0 atom stereocenters. The van der Waals surface area contributed by atoms with Gasteiger partial charge >= 0.3 is 5.97 Å². The summed E-state index contributed by atoms with van der Waals surface area (Å²) in [5, 5.41) is 9.72. The highest BCUT2D eigenvalue weighted by Gasteiger charge is 2.16. The van der Waals surface area contributed by atoms with E-state index in [-0.39, 0.29) is 0 Å². The van der Waals surface area contributed by atoms with Crippen LogP contribution in [-0.2, 0) is 11.2 Å². The number of fused-ring (bicyclic) bond motifs is 1. The van der Waals surface area contributed by atoms with Crippen LogP contribution in [0.15, 0.2) is 48.5 Å². The topological polar surface area (TPSA) is 37.3 Å². The molecule has 1 aliphatic rings. The van der Waals surface area contributed by atoms with Gasteiger partial charge in [-0.15, -0.1) is 0 Å². The van der Waals surface area contributed by atoms with Crippen molar-refractivity contribution in [3.05, 3.63) is 64.7 Å². The number of carboxylic acid groups (broad SMARTS) is 1. The Morgan fingerprint density at radius 1 is 1.10 bits per heavy atom. The normalized spacial score (nSPS) is 15.8. The number of allylic oxidation sites excluding steroid dienone is 1. The molecule has 3 heteroatoms. The van der Waals surface area contributed by atoms with Gasteiger partial charge in [0.2, 0.25) is 0 Å². The second-order valence-corrected chi connectivity index (χ2v) is 5.68. The van der Waals surface area contributed by atoms with Crippen molar-refractivity contribution in [2.75, 3.05) is 0 Å². The number of benzene rings is 2. The zero-order valence-electron chi connectivity index (χ0n) is 11.5. The lowest BCUT2D eigenvalue weighted by Crippen LogP contribution is -2.04. The van der Waals surface area contributed by atoms with Gasteiger partial charge in [0.25, 0.3) is 0 Å². The van der Waals surface area contributed by atoms with Crippen molar-refractivity contribution in [3.63, 3.8) is 0 Å². The van der Waals surface area contributed by atoms with Crippen LogP contribution >= 0.6 is 11.6 Å². The number of carbonyl (C=O) groups is 1. The van der Waals surface area contributed by atoms with Gasteiger partial charge in [0, 0.05) is 11.1 Å². The lowest BCUT2D eigenvalue weighted by atomic mass is 9.85. The quantitative estimate of drug-likeness (QED) is 0.808. The molecule has 0 spiro atoms. The molecule has 3 rings (SSSR count).